The lowest BCUT2D eigenvalue weighted by molar-refractivity contribution is 0.577. The van der Waals surface area contributed by atoms with Gasteiger partial charge in [0.05, 0.1) is 11.4 Å². The summed E-state index contributed by atoms with van der Waals surface area (Å²) in [6.45, 7) is 3.66. The molecule has 7 nitrogen and oxygen atoms in total. The van der Waals surface area contributed by atoms with Crippen molar-refractivity contribution in [2.75, 3.05) is 6.54 Å². The normalized spacial score (nSPS) is 12.0. The summed E-state index contributed by atoms with van der Waals surface area (Å²) in [5.74, 6) is 0.669. The zero-order valence-corrected chi connectivity index (χ0v) is 13.3. The average Bonchev–Trinajstić information content (AvgIpc) is 3.01. The first-order chi connectivity index (χ1) is 9.94. The van der Waals surface area contributed by atoms with Crippen molar-refractivity contribution >= 4 is 10.0 Å². The molecule has 0 aliphatic heterocycles. The zero-order chi connectivity index (χ0) is 15.5. The maximum Gasteiger partial charge on any atom is 0.242 e. The highest BCUT2D eigenvalue weighted by atomic mass is 32.2. The summed E-state index contributed by atoms with van der Waals surface area (Å²) in [5, 5.41) is 3.18. The number of aromatic nitrogens is 3. The second kappa shape index (κ2) is 6.42. The number of nitrogens with one attached hydrogen (secondary N) is 2. The van der Waals surface area contributed by atoms with E-state index < -0.39 is 10.0 Å². The molecule has 0 atom stereocenters. The van der Waals surface area contributed by atoms with E-state index in [1.54, 1.807) is 29.2 Å². The first-order valence-corrected chi connectivity index (χ1v) is 8.24. The van der Waals surface area contributed by atoms with Gasteiger partial charge in [-0.1, -0.05) is 6.92 Å². The van der Waals surface area contributed by atoms with E-state index in [9.17, 15) is 8.42 Å². The molecular formula is C13H21N5O2S. The van der Waals surface area contributed by atoms with Crippen LogP contribution < -0.4 is 10.0 Å². The van der Waals surface area contributed by atoms with E-state index in [1.807, 2.05) is 25.6 Å². The van der Waals surface area contributed by atoms with Crippen LogP contribution in [-0.2, 0) is 37.2 Å². The van der Waals surface area contributed by atoms with Crippen molar-refractivity contribution in [3.05, 3.63) is 36.2 Å². The molecule has 116 valence electrons. The van der Waals surface area contributed by atoms with Gasteiger partial charge in [0.1, 0.15) is 5.82 Å². The molecule has 0 amide bonds. The van der Waals surface area contributed by atoms with Crippen LogP contribution in [0.5, 0.6) is 0 Å². The second-order valence-electron chi connectivity index (χ2n) is 4.84. The van der Waals surface area contributed by atoms with Gasteiger partial charge in [0.15, 0.2) is 0 Å². The maximum absolute atomic E-state index is 12.3. The predicted octanol–water partition coefficient (Wildman–Crippen LogP) is 0.347. The number of hydrogen-bond donors (Lipinski definition) is 2. The molecular weight excluding hydrogens is 290 g/mol. The standard InChI is InChI=1S/C13H21N5O2S/c1-4-14-8-11-7-12(10-18(11)3)21(19,20)16-9-13-15-5-6-17(13)2/h5-7,10,14,16H,4,8-9H2,1-3H3. The van der Waals surface area contributed by atoms with Crippen molar-refractivity contribution < 1.29 is 8.42 Å². The van der Waals surface area contributed by atoms with Gasteiger partial charge in [0, 0.05) is 44.9 Å². The molecule has 2 heterocycles. The number of nitrogens with zero attached hydrogens (tertiary/aromatic N) is 3. The monoisotopic (exact) mass is 311 g/mol. The molecule has 0 spiro atoms. The highest BCUT2D eigenvalue weighted by Crippen LogP contribution is 2.13. The Kier molecular flexibility index (Phi) is 4.81. The molecule has 0 saturated carbocycles. The molecule has 2 aromatic heterocycles. The number of imidazole rings is 1. The fourth-order valence-corrected chi connectivity index (χ4v) is 3.04. The quantitative estimate of drug-likeness (QED) is 0.773. The first kappa shape index (κ1) is 15.7. The van der Waals surface area contributed by atoms with Crippen LogP contribution in [0.3, 0.4) is 0 Å². The number of aryl methyl sites for hydroxylation is 2. The van der Waals surface area contributed by atoms with E-state index in [-0.39, 0.29) is 11.4 Å². The lowest BCUT2D eigenvalue weighted by Crippen LogP contribution is -2.24. The van der Waals surface area contributed by atoms with Crippen molar-refractivity contribution in [1.29, 1.82) is 0 Å². The highest BCUT2D eigenvalue weighted by molar-refractivity contribution is 7.89. The summed E-state index contributed by atoms with van der Waals surface area (Å²) in [7, 11) is 0.133. The van der Waals surface area contributed by atoms with Gasteiger partial charge in [-0.3, -0.25) is 0 Å². The van der Waals surface area contributed by atoms with Crippen LogP contribution in [0.1, 0.15) is 18.4 Å². The Bertz CT molecular complexity index is 702. The third kappa shape index (κ3) is 3.72. The smallest absolute Gasteiger partial charge is 0.242 e. The molecule has 0 fully saturated rings. The summed E-state index contributed by atoms with van der Waals surface area (Å²) in [6.07, 6.45) is 5.04. The van der Waals surface area contributed by atoms with Gasteiger partial charge in [-0.05, 0) is 12.6 Å². The Balaban J connectivity index is 2.10. The molecule has 0 unspecified atom stereocenters. The minimum Gasteiger partial charge on any atom is -0.352 e. The molecule has 0 radical (unpaired) electrons. The minimum atomic E-state index is -3.53. The Labute approximate surface area is 125 Å². The largest absolute Gasteiger partial charge is 0.352 e. The second-order valence-corrected chi connectivity index (χ2v) is 6.60. The molecule has 8 heteroatoms. The molecule has 21 heavy (non-hydrogen) atoms. The van der Waals surface area contributed by atoms with Gasteiger partial charge in [-0.2, -0.15) is 0 Å². The molecule has 0 aromatic carbocycles. The fourth-order valence-electron chi connectivity index (χ4n) is 1.96. The van der Waals surface area contributed by atoms with Crippen LogP contribution in [0.25, 0.3) is 0 Å². The summed E-state index contributed by atoms with van der Waals surface area (Å²) in [6, 6.07) is 1.68. The predicted molar refractivity (Wildman–Crippen MR) is 80.0 cm³/mol. The fraction of sp³-hybridized carbons (Fsp3) is 0.462. The first-order valence-electron chi connectivity index (χ1n) is 6.76. The molecule has 0 bridgehead atoms. The number of rotatable bonds is 7. The zero-order valence-electron chi connectivity index (χ0n) is 12.5. The van der Waals surface area contributed by atoms with E-state index >= 15 is 0 Å². The summed E-state index contributed by atoms with van der Waals surface area (Å²) in [4.78, 5) is 4.37. The average molecular weight is 311 g/mol. The van der Waals surface area contributed by atoms with E-state index in [2.05, 4.69) is 15.0 Å². The Morgan fingerprint density at radius 1 is 1.24 bits per heavy atom. The van der Waals surface area contributed by atoms with Crippen LogP contribution in [0.4, 0.5) is 0 Å². The third-order valence-corrected chi connectivity index (χ3v) is 4.66. The van der Waals surface area contributed by atoms with E-state index in [1.165, 1.54) is 0 Å². The van der Waals surface area contributed by atoms with E-state index in [0.29, 0.717) is 12.4 Å². The molecule has 2 aromatic rings. The number of hydrogen-bond acceptors (Lipinski definition) is 4. The lowest BCUT2D eigenvalue weighted by Gasteiger charge is -2.04. The lowest BCUT2D eigenvalue weighted by atomic mass is 10.4. The highest BCUT2D eigenvalue weighted by Gasteiger charge is 2.17. The minimum absolute atomic E-state index is 0.170. The van der Waals surface area contributed by atoms with Gasteiger partial charge in [0.25, 0.3) is 0 Å². The van der Waals surface area contributed by atoms with Crippen molar-refractivity contribution in [1.82, 2.24) is 24.2 Å². The molecule has 0 aliphatic rings. The van der Waals surface area contributed by atoms with Crippen LogP contribution in [-0.4, -0.2) is 29.1 Å². The summed E-state index contributed by atoms with van der Waals surface area (Å²) in [5.41, 5.74) is 0.925. The van der Waals surface area contributed by atoms with Crippen molar-refractivity contribution in [3.63, 3.8) is 0 Å². The number of sulfonamides is 1. The molecule has 0 saturated heterocycles. The molecule has 2 rings (SSSR count). The van der Waals surface area contributed by atoms with Gasteiger partial charge < -0.3 is 14.5 Å². The molecule has 2 N–H and O–H groups in total. The van der Waals surface area contributed by atoms with Crippen LogP contribution in [0.15, 0.2) is 29.6 Å². The maximum atomic E-state index is 12.3. The Hall–Kier alpha value is -1.64. The Morgan fingerprint density at radius 2 is 2.00 bits per heavy atom. The SMILES string of the molecule is CCNCc1cc(S(=O)(=O)NCc2nccn2C)cn1C. The van der Waals surface area contributed by atoms with Crippen molar-refractivity contribution in [2.45, 2.75) is 24.9 Å². The molecule has 0 aliphatic carbocycles. The van der Waals surface area contributed by atoms with Gasteiger partial charge >= 0.3 is 0 Å². The summed E-state index contributed by atoms with van der Waals surface area (Å²) < 4.78 is 30.8. The van der Waals surface area contributed by atoms with E-state index in [4.69, 9.17) is 0 Å². The van der Waals surface area contributed by atoms with Gasteiger partial charge in [-0.15, -0.1) is 0 Å². The van der Waals surface area contributed by atoms with E-state index in [0.717, 1.165) is 12.2 Å². The third-order valence-electron chi connectivity index (χ3n) is 3.29. The van der Waals surface area contributed by atoms with Crippen molar-refractivity contribution in [3.8, 4) is 0 Å². The van der Waals surface area contributed by atoms with Gasteiger partial charge in [-0.25, -0.2) is 18.1 Å². The van der Waals surface area contributed by atoms with Crippen LogP contribution >= 0.6 is 0 Å². The topological polar surface area (TPSA) is 81.0 Å². The Morgan fingerprint density at radius 3 is 2.62 bits per heavy atom. The summed E-state index contributed by atoms with van der Waals surface area (Å²) >= 11 is 0. The van der Waals surface area contributed by atoms with Crippen molar-refractivity contribution in [2.24, 2.45) is 14.1 Å². The van der Waals surface area contributed by atoms with Gasteiger partial charge in [0.2, 0.25) is 10.0 Å². The van der Waals surface area contributed by atoms with Crippen LogP contribution in [0.2, 0.25) is 0 Å². The van der Waals surface area contributed by atoms with Crippen LogP contribution in [0, 0.1) is 0 Å².